The third kappa shape index (κ3) is 4.50. The van der Waals surface area contributed by atoms with E-state index in [1.54, 1.807) is 49.7 Å². The largest absolute Gasteiger partial charge is 0.497 e. The molecule has 162 valence electrons. The summed E-state index contributed by atoms with van der Waals surface area (Å²) in [5.41, 5.74) is 1.49. The van der Waals surface area contributed by atoms with E-state index in [-0.39, 0.29) is 11.5 Å². The molecule has 2 heterocycles. The van der Waals surface area contributed by atoms with Gasteiger partial charge in [0.15, 0.2) is 10.8 Å². The number of methoxy groups -OCH3 is 1. The molecule has 0 radical (unpaired) electrons. The van der Waals surface area contributed by atoms with E-state index in [4.69, 9.17) is 4.74 Å². The van der Waals surface area contributed by atoms with Gasteiger partial charge >= 0.3 is 0 Å². The summed E-state index contributed by atoms with van der Waals surface area (Å²) in [6.45, 7) is 1.93. The van der Waals surface area contributed by atoms with Gasteiger partial charge in [0.2, 0.25) is 5.91 Å². The summed E-state index contributed by atoms with van der Waals surface area (Å²) in [7, 11) is 1.59. The molecular formula is C24H22N4O3S. The first-order valence-corrected chi connectivity index (χ1v) is 11.0. The maximum atomic E-state index is 13.3. The van der Waals surface area contributed by atoms with Gasteiger partial charge in [-0.25, -0.2) is 9.97 Å². The first-order valence-electron chi connectivity index (χ1n) is 10.2. The Morgan fingerprint density at radius 3 is 2.53 bits per heavy atom. The molecule has 0 aliphatic rings. The predicted octanol–water partition coefficient (Wildman–Crippen LogP) is 4.30. The Balaban J connectivity index is 1.69. The van der Waals surface area contributed by atoms with Crippen LogP contribution in [0.3, 0.4) is 0 Å². The van der Waals surface area contributed by atoms with Crippen LogP contribution in [0.25, 0.3) is 16.7 Å². The van der Waals surface area contributed by atoms with Crippen LogP contribution in [0.2, 0.25) is 0 Å². The van der Waals surface area contributed by atoms with E-state index >= 15 is 0 Å². The molecule has 1 N–H and O–H groups in total. The van der Waals surface area contributed by atoms with E-state index in [1.807, 2.05) is 37.3 Å². The van der Waals surface area contributed by atoms with E-state index in [9.17, 15) is 9.59 Å². The number of carbonyl (C=O) groups is 1. The van der Waals surface area contributed by atoms with Crippen molar-refractivity contribution >= 4 is 34.4 Å². The van der Waals surface area contributed by atoms with E-state index in [1.165, 1.54) is 16.3 Å². The van der Waals surface area contributed by atoms with Crippen molar-refractivity contribution in [3.05, 3.63) is 83.3 Å². The Hall–Kier alpha value is -3.65. The molecule has 0 bridgehead atoms. The number of ether oxygens (including phenoxy) is 1. The second-order valence-electron chi connectivity index (χ2n) is 6.98. The average Bonchev–Trinajstić information content (AvgIpc) is 2.83. The maximum absolute atomic E-state index is 13.3. The van der Waals surface area contributed by atoms with Gasteiger partial charge in [-0.15, -0.1) is 0 Å². The molecule has 0 unspecified atom stereocenters. The summed E-state index contributed by atoms with van der Waals surface area (Å²) >= 11 is 1.25. The van der Waals surface area contributed by atoms with Gasteiger partial charge < -0.3 is 10.1 Å². The van der Waals surface area contributed by atoms with Crippen molar-refractivity contribution in [3.8, 4) is 11.4 Å². The van der Waals surface area contributed by atoms with E-state index in [2.05, 4.69) is 15.3 Å². The Labute approximate surface area is 189 Å². The molecule has 0 fully saturated rings. The Bertz CT molecular complexity index is 1290. The van der Waals surface area contributed by atoms with Gasteiger partial charge in [-0.05, 0) is 55.0 Å². The van der Waals surface area contributed by atoms with Crippen LogP contribution < -0.4 is 15.6 Å². The van der Waals surface area contributed by atoms with Crippen LogP contribution in [-0.4, -0.2) is 32.8 Å². The Kier molecular flexibility index (Phi) is 6.51. The number of para-hydroxylation sites is 1. The molecule has 0 aliphatic carbocycles. The molecule has 2 aromatic heterocycles. The number of benzene rings is 2. The smallest absolute Gasteiger partial charge is 0.268 e. The van der Waals surface area contributed by atoms with Crippen LogP contribution >= 0.6 is 11.8 Å². The zero-order chi connectivity index (χ0) is 22.5. The lowest BCUT2D eigenvalue weighted by Gasteiger charge is -2.18. The van der Waals surface area contributed by atoms with Crippen molar-refractivity contribution < 1.29 is 9.53 Å². The maximum Gasteiger partial charge on any atom is 0.268 e. The van der Waals surface area contributed by atoms with Crippen molar-refractivity contribution in [2.75, 3.05) is 12.4 Å². The predicted molar refractivity (Wildman–Crippen MR) is 127 cm³/mol. The number of thioether (sulfide) groups is 1. The highest BCUT2D eigenvalue weighted by atomic mass is 32.2. The van der Waals surface area contributed by atoms with Gasteiger partial charge in [-0.1, -0.05) is 36.9 Å². The minimum absolute atomic E-state index is 0.169. The lowest BCUT2D eigenvalue weighted by atomic mass is 10.2. The van der Waals surface area contributed by atoms with Gasteiger partial charge in [0.1, 0.15) is 5.75 Å². The van der Waals surface area contributed by atoms with Crippen LogP contribution in [0.1, 0.15) is 13.3 Å². The lowest BCUT2D eigenvalue weighted by molar-refractivity contribution is -0.115. The third-order valence-electron chi connectivity index (χ3n) is 4.90. The molecule has 32 heavy (non-hydrogen) atoms. The molecule has 0 saturated carbocycles. The molecule has 1 amide bonds. The minimum atomic E-state index is -0.458. The van der Waals surface area contributed by atoms with Gasteiger partial charge in [-0.2, -0.15) is 0 Å². The van der Waals surface area contributed by atoms with Gasteiger partial charge in [0, 0.05) is 11.9 Å². The number of amides is 1. The number of carbonyl (C=O) groups excluding carboxylic acids is 1. The third-order valence-corrected chi connectivity index (χ3v) is 6.21. The molecular weight excluding hydrogens is 424 g/mol. The number of hydrogen-bond acceptors (Lipinski definition) is 6. The quantitative estimate of drug-likeness (QED) is 0.337. The van der Waals surface area contributed by atoms with E-state index < -0.39 is 5.25 Å². The lowest BCUT2D eigenvalue weighted by Crippen LogP contribution is -2.27. The van der Waals surface area contributed by atoms with Gasteiger partial charge in [0.25, 0.3) is 5.56 Å². The highest BCUT2D eigenvalue weighted by Gasteiger charge is 2.23. The van der Waals surface area contributed by atoms with Crippen LogP contribution in [0, 0.1) is 0 Å². The number of pyridine rings is 1. The molecule has 0 aliphatic heterocycles. The number of rotatable bonds is 7. The monoisotopic (exact) mass is 446 g/mol. The van der Waals surface area contributed by atoms with Gasteiger partial charge in [-0.3, -0.25) is 14.2 Å². The summed E-state index contributed by atoms with van der Waals surface area (Å²) in [6, 6.07) is 19.8. The number of fused-ring (bicyclic) bond motifs is 1. The summed E-state index contributed by atoms with van der Waals surface area (Å²) in [5.74, 6) is 0.543. The molecule has 2 aromatic carbocycles. The molecule has 7 nitrogen and oxygen atoms in total. The van der Waals surface area contributed by atoms with Gasteiger partial charge in [0.05, 0.1) is 23.4 Å². The fourth-order valence-corrected chi connectivity index (χ4v) is 4.25. The molecule has 4 aromatic rings. The number of nitrogens with one attached hydrogen (secondary N) is 1. The van der Waals surface area contributed by atoms with Crippen LogP contribution in [0.15, 0.2) is 82.9 Å². The van der Waals surface area contributed by atoms with Crippen molar-refractivity contribution in [1.29, 1.82) is 0 Å². The van der Waals surface area contributed by atoms with Crippen molar-refractivity contribution in [2.24, 2.45) is 0 Å². The number of hydrogen-bond donors (Lipinski definition) is 1. The molecule has 1 atom stereocenters. The zero-order valence-corrected chi connectivity index (χ0v) is 18.5. The summed E-state index contributed by atoms with van der Waals surface area (Å²) in [5, 5.41) is 3.32. The molecule has 0 spiro atoms. The molecule has 4 rings (SSSR count). The van der Waals surface area contributed by atoms with Crippen LogP contribution in [0.5, 0.6) is 5.75 Å². The van der Waals surface area contributed by atoms with Crippen molar-refractivity contribution in [1.82, 2.24) is 14.5 Å². The second kappa shape index (κ2) is 9.65. The summed E-state index contributed by atoms with van der Waals surface area (Å²) < 4.78 is 6.70. The standard InChI is InChI=1S/C24H22N4O3S/c1-3-20(22(29)26-16-11-13-18(31-2)14-12-16)32-24-27-21-19(10-7-15-25-21)23(30)28(24)17-8-5-4-6-9-17/h4-15,20H,3H2,1-2H3,(H,26,29)/t20-/m1/s1. The Morgan fingerprint density at radius 1 is 1.09 bits per heavy atom. The fraction of sp³-hybridized carbons (Fsp3) is 0.167. The second-order valence-corrected chi connectivity index (χ2v) is 8.15. The van der Waals surface area contributed by atoms with E-state index in [0.717, 1.165) is 0 Å². The van der Waals surface area contributed by atoms with Crippen LogP contribution in [0.4, 0.5) is 5.69 Å². The molecule has 8 heteroatoms. The van der Waals surface area contributed by atoms with E-state index in [0.29, 0.717) is 39.7 Å². The summed E-state index contributed by atoms with van der Waals surface area (Å²) in [4.78, 5) is 35.2. The molecule has 0 saturated heterocycles. The summed E-state index contributed by atoms with van der Waals surface area (Å²) in [6.07, 6.45) is 2.15. The minimum Gasteiger partial charge on any atom is -0.497 e. The highest BCUT2D eigenvalue weighted by molar-refractivity contribution is 8.00. The number of anilines is 1. The van der Waals surface area contributed by atoms with Crippen LogP contribution in [-0.2, 0) is 4.79 Å². The highest BCUT2D eigenvalue weighted by Crippen LogP contribution is 2.27. The topological polar surface area (TPSA) is 86.1 Å². The van der Waals surface area contributed by atoms with Crippen molar-refractivity contribution in [3.63, 3.8) is 0 Å². The fourth-order valence-electron chi connectivity index (χ4n) is 3.23. The normalized spacial score (nSPS) is 11.8. The first kappa shape index (κ1) is 21.6. The SMILES string of the molecule is CC[C@@H](Sc1nc2ncccc2c(=O)n1-c1ccccc1)C(=O)Nc1ccc(OC)cc1. The Morgan fingerprint density at radius 2 is 1.84 bits per heavy atom. The first-order chi connectivity index (χ1) is 15.6. The number of nitrogens with zero attached hydrogens (tertiary/aromatic N) is 3. The number of aromatic nitrogens is 3. The zero-order valence-electron chi connectivity index (χ0n) is 17.7. The van der Waals surface area contributed by atoms with Crippen molar-refractivity contribution in [2.45, 2.75) is 23.8 Å². The average molecular weight is 447 g/mol.